The Bertz CT molecular complexity index is 1800. The highest BCUT2D eigenvalue weighted by Crippen LogP contribution is 2.20. The normalized spacial score (nSPS) is 19.2. The van der Waals surface area contributed by atoms with E-state index in [2.05, 4.69) is 36.4 Å². The number of nitrogens with one attached hydrogen (secondary N) is 4. The van der Waals surface area contributed by atoms with Crippen molar-refractivity contribution in [3.63, 3.8) is 0 Å². The van der Waals surface area contributed by atoms with Gasteiger partial charge in [0.15, 0.2) is 5.82 Å². The average Bonchev–Trinajstić information content (AvgIpc) is 3.74. The van der Waals surface area contributed by atoms with E-state index < -0.39 is 42.5 Å². The molecular weight excluding hydrogens is 642 g/mol. The van der Waals surface area contributed by atoms with Crippen LogP contribution in [0.4, 0.5) is 0 Å². The number of fused-ring (bicyclic) bond motifs is 14. The lowest BCUT2D eigenvalue weighted by Crippen LogP contribution is -2.56. The van der Waals surface area contributed by atoms with E-state index in [-0.39, 0.29) is 37.9 Å². The number of nitrogens with zero attached hydrogens (tertiary/aromatic N) is 5. The molecule has 6 rings (SSSR count). The van der Waals surface area contributed by atoms with Gasteiger partial charge in [0.1, 0.15) is 42.5 Å². The molecule has 15 nitrogen and oxygen atoms in total. The summed E-state index contributed by atoms with van der Waals surface area (Å²) in [5.41, 5.74) is 2.47. The number of benzene rings is 2. The zero-order valence-corrected chi connectivity index (χ0v) is 28.6. The van der Waals surface area contributed by atoms with Gasteiger partial charge in [-0.1, -0.05) is 56.3 Å². The molecule has 0 aliphatic carbocycles. The third-order valence-electron chi connectivity index (χ3n) is 8.19. The fourth-order valence-electron chi connectivity index (χ4n) is 5.44. The highest BCUT2D eigenvalue weighted by atomic mass is 16.5. The van der Waals surface area contributed by atoms with Crippen LogP contribution in [0.5, 0.6) is 5.75 Å². The van der Waals surface area contributed by atoms with Crippen molar-refractivity contribution in [2.24, 2.45) is 0 Å². The Hall–Kier alpha value is -5.57. The van der Waals surface area contributed by atoms with E-state index in [0.29, 0.717) is 40.8 Å². The maximum Gasteiger partial charge on any atom is 0.270 e. The number of hydrogen-bond donors (Lipinski definition) is 5. The van der Waals surface area contributed by atoms with Crippen LogP contribution in [-0.2, 0) is 33.9 Å². The first-order chi connectivity index (χ1) is 24.1. The Morgan fingerprint density at radius 2 is 1.78 bits per heavy atom. The molecule has 0 fully saturated rings. The van der Waals surface area contributed by atoms with Crippen molar-refractivity contribution < 1.29 is 29.0 Å². The highest BCUT2D eigenvalue weighted by molar-refractivity contribution is 5.97. The summed E-state index contributed by atoms with van der Waals surface area (Å²) in [4.78, 5) is 58.4. The first kappa shape index (κ1) is 35.7. The monoisotopic (exact) mass is 685 g/mol. The van der Waals surface area contributed by atoms with Crippen LogP contribution in [0.15, 0.2) is 60.7 Å². The van der Waals surface area contributed by atoms with E-state index in [1.165, 1.54) is 4.68 Å². The topological polar surface area (TPSA) is 194 Å². The van der Waals surface area contributed by atoms with Crippen LogP contribution in [0.3, 0.4) is 0 Å². The fourth-order valence-corrected chi connectivity index (χ4v) is 5.44. The molecule has 2 aromatic carbocycles. The maximum absolute atomic E-state index is 13.8. The molecule has 5 N–H and O–H groups in total. The third kappa shape index (κ3) is 8.71. The Balaban J connectivity index is 1.44. The Kier molecular flexibility index (Phi) is 11.6. The lowest BCUT2D eigenvalue weighted by Gasteiger charge is -2.24. The first-order valence-electron chi connectivity index (χ1n) is 16.6. The van der Waals surface area contributed by atoms with Crippen LogP contribution < -0.4 is 26.0 Å². The van der Waals surface area contributed by atoms with Gasteiger partial charge in [-0.05, 0) is 43.5 Å². The second-order valence-corrected chi connectivity index (χ2v) is 12.3. The van der Waals surface area contributed by atoms with Crippen LogP contribution in [-0.4, -0.2) is 85.1 Å². The number of carbonyl (C=O) groups is 4. The Labute approximate surface area is 289 Å². The van der Waals surface area contributed by atoms with Gasteiger partial charge in [-0.2, -0.15) is 10.2 Å². The summed E-state index contributed by atoms with van der Waals surface area (Å²) in [5, 5.41) is 30.3. The van der Waals surface area contributed by atoms with E-state index in [9.17, 15) is 24.3 Å². The number of amides is 4. The largest absolute Gasteiger partial charge is 0.492 e. The smallest absolute Gasteiger partial charge is 0.270 e. The van der Waals surface area contributed by atoms with Crippen LogP contribution in [0.1, 0.15) is 67.2 Å². The number of hydrogen-bond acceptors (Lipinski definition) is 9. The third-order valence-corrected chi connectivity index (χ3v) is 8.19. The Morgan fingerprint density at radius 3 is 2.46 bits per heavy atom. The predicted molar refractivity (Wildman–Crippen MR) is 183 cm³/mol. The van der Waals surface area contributed by atoms with Gasteiger partial charge in [-0.15, -0.1) is 0 Å². The van der Waals surface area contributed by atoms with Crippen LogP contribution in [0.25, 0.3) is 11.4 Å². The molecule has 264 valence electrons. The van der Waals surface area contributed by atoms with Gasteiger partial charge in [0, 0.05) is 18.5 Å². The van der Waals surface area contributed by atoms with E-state index in [4.69, 9.17) is 4.74 Å². The molecule has 0 unspecified atom stereocenters. The summed E-state index contributed by atoms with van der Waals surface area (Å²) in [6.07, 6.45) is 0.0761. The molecule has 0 radical (unpaired) electrons. The van der Waals surface area contributed by atoms with Gasteiger partial charge >= 0.3 is 0 Å². The minimum Gasteiger partial charge on any atom is -0.492 e. The molecule has 2 aromatic heterocycles. The number of aliphatic hydroxyl groups is 1. The Morgan fingerprint density at radius 1 is 1.04 bits per heavy atom. The summed E-state index contributed by atoms with van der Waals surface area (Å²) in [7, 11) is 0. The van der Waals surface area contributed by atoms with Gasteiger partial charge in [0.25, 0.3) is 5.91 Å². The molecule has 4 amide bonds. The summed E-state index contributed by atoms with van der Waals surface area (Å²) >= 11 is 0. The lowest BCUT2D eigenvalue weighted by atomic mass is 10.0. The number of aryl methyl sites for hydroxylation is 1. The molecular formula is C35H43N9O6. The van der Waals surface area contributed by atoms with Crippen molar-refractivity contribution >= 4 is 23.6 Å². The quantitative estimate of drug-likeness (QED) is 0.200. The minimum absolute atomic E-state index is 0.0761. The van der Waals surface area contributed by atoms with Gasteiger partial charge in [-0.25, -0.2) is 9.67 Å². The first-order valence-corrected chi connectivity index (χ1v) is 16.6. The molecule has 15 heteroatoms. The zero-order valence-electron chi connectivity index (χ0n) is 28.6. The zero-order chi connectivity index (χ0) is 35.8. The molecule has 0 saturated carbocycles. The second-order valence-electron chi connectivity index (χ2n) is 12.3. The molecule has 4 heterocycles. The van der Waals surface area contributed by atoms with Crippen molar-refractivity contribution in [1.29, 1.82) is 0 Å². The van der Waals surface area contributed by atoms with Crippen molar-refractivity contribution in [3.05, 3.63) is 83.4 Å². The minimum atomic E-state index is -1.37. The SMILES string of the molecule is CCn1nc(C(C)C)cc1C(=O)N[C@H]1Cc2ccc(cc2)OCCNC(=O)Cn2nc(-c3ccccc3)nc2[C@H](C)NC(=O)[C@H](CO)NC1=O. The highest BCUT2D eigenvalue weighted by Gasteiger charge is 2.30. The van der Waals surface area contributed by atoms with Crippen molar-refractivity contribution in [2.75, 3.05) is 19.8 Å². The molecule has 4 aromatic rings. The predicted octanol–water partition coefficient (Wildman–Crippen LogP) is 1.49. The number of carbonyl (C=O) groups excluding carboxylic acids is 4. The lowest BCUT2D eigenvalue weighted by molar-refractivity contribution is -0.131. The standard InChI is InChI=1S/C35H43N9O6/c1-5-43-29(18-26(41-43)21(2)3)35(49)38-27-17-23-11-13-25(14-12-23)50-16-15-36-30(46)19-44-32(40-31(42-44)24-9-7-6-8-10-24)22(4)37-34(48)28(20-45)39-33(27)47/h6-14,18,21-22,27-28,45H,5,15-17,19-20H2,1-4H3,(H,36,46)(H,37,48)(H,38,49)(H,39,47)/t22-,27-,28-/m0/s1. The second kappa shape index (κ2) is 16.2. The summed E-state index contributed by atoms with van der Waals surface area (Å²) in [5.74, 6) is -0.924. The molecule has 2 aliphatic rings. The van der Waals surface area contributed by atoms with Gasteiger partial charge in [0.05, 0.1) is 24.9 Å². The summed E-state index contributed by atoms with van der Waals surface area (Å²) < 4.78 is 8.80. The van der Waals surface area contributed by atoms with E-state index >= 15 is 0 Å². The number of rotatable bonds is 6. The van der Waals surface area contributed by atoms with E-state index in [1.54, 1.807) is 41.9 Å². The number of aliphatic hydroxyl groups excluding tert-OH is 1. The number of ether oxygens (including phenoxy) is 1. The number of aromatic nitrogens is 5. The average molecular weight is 686 g/mol. The molecule has 0 spiro atoms. The van der Waals surface area contributed by atoms with E-state index in [1.807, 2.05) is 51.1 Å². The van der Waals surface area contributed by atoms with Gasteiger partial charge in [0.2, 0.25) is 17.7 Å². The van der Waals surface area contributed by atoms with Crippen molar-refractivity contribution in [2.45, 2.75) is 71.2 Å². The van der Waals surface area contributed by atoms with Crippen molar-refractivity contribution in [3.8, 4) is 17.1 Å². The van der Waals surface area contributed by atoms with Crippen LogP contribution >= 0.6 is 0 Å². The van der Waals surface area contributed by atoms with E-state index in [0.717, 1.165) is 5.69 Å². The summed E-state index contributed by atoms with van der Waals surface area (Å²) in [6, 6.07) is 14.6. The van der Waals surface area contributed by atoms with Gasteiger partial charge < -0.3 is 31.1 Å². The molecule has 2 aliphatic heterocycles. The molecule has 3 atom stereocenters. The van der Waals surface area contributed by atoms with Crippen LogP contribution in [0.2, 0.25) is 0 Å². The molecule has 0 saturated heterocycles. The fraction of sp³-hybridized carbons (Fsp3) is 0.400. The van der Waals surface area contributed by atoms with Crippen molar-refractivity contribution in [1.82, 2.24) is 45.8 Å². The molecule has 2 bridgehead atoms. The van der Waals surface area contributed by atoms with Crippen LogP contribution in [0, 0.1) is 0 Å². The molecule has 50 heavy (non-hydrogen) atoms. The van der Waals surface area contributed by atoms with Gasteiger partial charge in [-0.3, -0.25) is 23.9 Å². The summed E-state index contributed by atoms with van der Waals surface area (Å²) in [6.45, 7) is 7.45. The maximum atomic E-state index is 13.8.